The van der Waals surface area contributed by atoms with E-state index in [1.54, 1.807) is 0 Å². The standard InChI is InChI=1S/C10H21N3OS/c1-10(2,3)13-9(14)12-7-5-4-6-8(11)15/h4-7H2,1-3H3,(H2,11,15)(H2,12,13,14). The van der Waals surface area contributed by atoms with Crippen LogP contribution in [0.25, 0.3) is 0 Å². The van der Waals surface area contributed by atoms with Crippen molar-refractivity contribution in [3.8, 4) is 0 Å². The number of hydrogen-bond acceptors (Lipinski definition) is 2. The quantitative estimate of drug-likeness (QED) is 0.496. The van der Waals surface area contributed by atoms with E-state index >= 15 is 0 Å². The van der Waals surface area contributed by atoms with Crippen molar-refractivity contribution in [1.82, 2.24) is 10.6 Å². The van der Waals surface area contributed by atoms with Crippen LogP contribution in [0.3, 0.4) is 0 Å². The van der Waals surface area contributed by atoms with Crippen molar-refractivity contribution in [3.63, 3.8) is 0 Å². The molecule has 0 aliphatic carbocycles. The largest absolute Gasteiger partial charge is 0.393 e. The second-order valence-corrected chi connectivity index (χ2v) is 5.08. The van der Waals surface area contributed by atoms with Crippen LogP contribution in [0.5, 0.6) is 0 Å². The van der Waals surface area contributed by atoms with Crippen molar-refractivity contribution in [2.45, 2.75) is 45.6 Å². The maximum atomic E-state index is 11.3. The Kier molecular flexibility index (Phi) is 6.24. The van der Waals surface area contributed by atoms with Gasteiger partial charge < -0.3 is 16.4 Å². The highest BCUT2D eigenvalue weighted by molar-refractivity contribution is 7.80. The lowest BCUT2D eigenvalue weighted by atomic mass is 10.1. The first-order valence-corrected chi connectivity index (χ1v) is 5.56. The van der Waals surface area contributed by atoms with Crippen LogP contribution in [0.2, 0.25) is 0 Å². The second kappa shape index (κ2) is 6.61. The van der Waals surface area contributed by atoms with Gasteiger partial charge in [-0.2, -0.15) is 0 Å². The van der Waals surface area contributed by atoms with E-state index < -0.39 is 0 Å². The number of nitrogens with two attached hydrogens (primary N) is 1. The third kappa shape index (κ3) is 11.1. The van der Waals surface area contributed by atoms with Gasteiger partial charge in [-0.25, -0.2) is 4.79 Å². The number of nitrogens with one attached hydrogen (secondary N) is 2. The Balaban J connectivity index is 3.44. The summed E-state index contributed by atoms with van der Waals surface area (Å²) in [6.45, 7) is 6.49. The monoisotopic (exact) mass is 231 g/mol. The highest BCUT2D eigenvalue weighted by Gasteiger charge is 2.12. The van der Waals surface area contributed by atoms with Crippen LogP contribution in [0.4, 0.5) is 4.79 Å². The number of carbonyl (C=O) groups is 1. The molecule has 0 bridgehead atoms. The summed E-state index contributed by atoms with van der Waals surface area (Å²) in [5, 5.41) is 5.60. The molecular formula is C10H21N3OS. The SMILES string of the molecule is CC(C)(C)NC(=O)NCCCCC(N)=S. The first-order valence-electron chi connectivity index (χ1n) is 5.15. The highest BCUT2D eigenvalue weighted by atomic mass is 32.1. The number of urea groups is 1. The smallest absolute Gasteiger partial charge is 0.315 e. The molecule has 0 aliphatic heterocycles. The molecule has 2 amide bonds. The Morgan fingerprint density at radius 2 is 1.93 bits per heavy atom. The van der Waals surface area contributed by atoms with Gasteiger partial charge in [-0.3, -0.25) is 0 Å². The average Bonchev–Trinajstić information content (AvgIpc) is 1.99. The minimum atomic E-state index is -0.192. The van der Waals surface area contributed by atoms with Crippen LogP contribution in [-0.2, 0) is 0 Å². The maximum Gasteiger partial charge on any atom is 0.315 e. The van der Waals surface area contributed by atoms with Gasteiger partial charge >= 0.3 is 6.03 Å². The molecule has 88 valence electrons. The number of hydrogen-bond donors (Lipinski definition) is 3. The first kappa shape index (κ1) is 14.2. The van der Waals surface area contributed by atoms with Gasteiger partial charge in [-0.15, -0.1) is 0 Å². The number of unbranched alkanes of at least 4 members (excludes halogenated alkanes) is 1. The lowest BCUT2D eigenvalue weighted by molar-refractivity contribution is 0.232. The lowest BCUT2D eigenvalue weighted by Crippen LogP contribution is -2.46. The molecule has 4 nitrogen and oxygen atoms in total. The van der Waals surface area contributed by atoms with Crippen molar-refractivity contribution < 1.29 is 4.79 Å². The van der Waals surface area contributed by atoms with Gasteiger partial charge in [-0.05, 0) is 40.0 Å². The molecule has 0 aliphatic rings. The van der Waals surface area contributed by atoms with Crippen LogP contribution in [0.15, 0.2) is 0 Å². The van der Waals surface area contributed by atoms with Gasteiger partial charge in [-0.1, -0.05) is 12.2 Å². The van der Waals surface area contributed by atoms with Gasteiger partial charge in [0.1, 0.15) is 0 Å². The molecule has 0 aromatic rings. The van der Waals surface area contributed by atoms with Crippen LogP contribution in [-0.4, -0.2) is 23.1 Å². The van der Waals surface area contributed by atoms with Gasteiger partial charge in [0.15, 0.2) is 0 Å². The van der Waals surface area contributed by atoms with E-state index in [9.17, 15) is 4.79 Å². The number of thiocarbonyl (C=S) groups is 1. The molecule has 4 N–H and O–H groups in total. The molecule has 0 fully saturated rings. The third-order valence-corrected chi connectivity index (χ3v) is 1.83. The van der Waals surface area contributed by atoms with Crippen LogP contribution in [0.1, 0.15) is 40.0 Å². The summed E-state index contributed by atoms with van der Waals surface area (Å²) in [5.41, 5.74) is 5.16. The molecule has 0 rings (SSSR count). The molecule has 0 aromatic heterocycles. The fourth-order valence-corrected chi connectivity index (χ4v) is 1.16. The molecule has 0 saturated carbocycles. The molecular weight excluding hydrogens is 210 g/mol. The summed E-state index contributed by atoms with van der Waals surface area (Å²) >= 11 is 4.75. The molecule has 15 heavy (non-hydrogen) atoms. The molecule has 0 unspecified atom stereocenters. The first-order chi connectivity index (χ1) is 6.81. The van der Waals surface area contributed by atoms with E-state index in [2.05, 4.69) is 10.6 Å². The van der Waals surface area contributed by atoms with E-state index in [0.29, 0.717) is 11.5 Å². The van der Waals surface area contributed by atoms with E-state index in [4.69, 9.17) is 18.0 Å². The Bertz CT molecular complexity index is 223. The summed E-state index contributed by atoms with van der Waals surface area (Å²) in [6, 6.07) is -0.127. The van der Waals surface area contributed by atoms with Crippen molar-refractivity contribution in [1.29, 1.82) is 0 Å². The molecule has 0 atom stereocenters. The average molecular weight is 231 g/mol. The van der Waals surface area contributed by atoms with Crippen LogP contribution >= 0.6 is 12.2 Å². The predicted molar refractivity (Wildman–Crippen MR) is 66.9 cm³/mol. The van der Waals surface area contributed by atoms with Crippen molar-refractivity contribution in [2.75, 3.05) is 6.54 Å². The summed E-state index contributed by atoms with van der Waals surface area (Å²) in [4.78, 5) is 11.8. The fraction of sp³-hybridized carbons (Fsp3) is 0.800. The molecule has 0 saturated heterocycles. The summed E-state index contributed by atoms with van der Waals surface area (Å²) in [5.74, 6) is 0. The Hall–Kier alpha value is -0.840. The lowest BCUT2D eigenvalue weighted by Gasteiger charge is -2.20. The predicted octanol–water partition coefficient (Wildman–Crippen LogP) is 1.54. The minimum Gasteiger partial charge on any atom is -0.393 e. The fourth-order valence-electron chi connectivity index (χ4n) is 1.01. The molecule has 0 heterocycles. The van der Waals surface area contributed by atoms with Crippen LogP contribution < -0.4 is 16.4 Å². The van der Waals surface area contributed by atoms with E-state index in [0.717, 1.165) is 19.3 Å². The summed E-state index contributed by atoms with van der Waals surface area (Å²) in [7, 11) is 0. The normalized spacial score (nSPS) is 10.9. The van der Waals surface area contributed by atoms with Crippen molar-refractivity contribution >= 4 is 23.2 Å². The molecule has 0 aromatic carbocycles. The van der Waals surface area contributed by atoms with Gasteiger partial charge in [0, 0.05) is 12.1 Å². The van der Waals surface area contributed by atoms with Crippen LogP contribution in [0, 0.1) is 0 Å². The second-order valence-electron chi connectivity index (χ2n) is 4.55. The van der Waals surface area contributed by atoms with E-state index in [1.807, 2.05) is 20.8 Å². The van der Waals surface area contributed by atoms with E-state index in [1.165, 1.54) is 0 Å². The molecule has 5 heteroatoms. The number of amides is 2. The topological polar surface area (TPSA) is 67.2 Å². The van der Waals surface area contributed by atoms with Crippen molar-refractivity contribution in [3.05, 3.63) is 0 Å². The third-order valence-electron chi connectivity index (χ3n) is 1.62. The molecule has 0 spiro atoms. The Labute approximate surface area is 97.0 Å². The minimum absolute atomic E-state index is 0.127. The maximum absolute atomic E-state index is 11.3. The Morgan fingerprint density at radius 1 is 1.33 bits per heavy atom. The van der Waals surface area contributed by atoms with E-state index in [-0.39, 0.29) is 11.6 Å². The number of rotatable bonds is 5. The number of carbonyl (C=O) groups excluding carboxylic acids is 1. The zero-order chi connectivity index (χ0) is 11.9. The van der Waals surface area contributed by atoms with Gasteiger partial charge in [0.05, 0.1) is 4.99 Å². The zero-order valence-electron chi connectivity index (χ0n) is 9.72. The summed E-state index contributed by atoms with van der Waals surface area (Å²) in [6.07, 6.45) is 2.57. The van der Waals surface area contributed by atoms with Gasteiger partial charge in [0.2, 0.25) is 0 Å². The Morgan fingerprint density at radius 3 is 2.40 bits per heavy atom. The molecule has 0 radical (unpaired) electrons. The zero-order valence-corrected chi connectivity index (χ0v) is 10.5. The highest BCUT2D eigenvalue weighted by Crippen LogP contribution is 1.98. The van der Waals surface area contributed by atoms with Crippen molar-refractivity contribution in [2.24, 2.45) is 5.73 Å². The summed E-state index contributed by atoms with van der Waals surface area (Å²) < 4.78 is 0. The van der Waals surface area contributed by atoms with Gasteiger partial charge in [0.25, 0.3) is 0 Å².